The number of carbonyl (C=O) groups excluding carboxylic acids is 1. The average molecular weight is 386 g/mol. The van der Waals surface area contributed by atoms with Crippen LogP contribution in [0.3, 0.4) is 0 Å². The van der Waals surface area contributed by atoms with E-state index in [-0.39, 0.29) is 11.3 Å². The van der Waals surface area contributed by atoms with Crippen LogP contribution in [0.2, 0.25) is 0 Å². The van der Waals surface area contributed by atoms with Gasteiger partial charge in [0.05, 0.1) is 11.7 Å². The van der Waals surface area contributed by atoms with E-state index in [1.54, 1.807) is 6.07 Å². The maximum absolute atomic E-state index is 11.3. The van der Waals surface area contributed by atoms with E-state index in [9.17, 15) is 15.0 Å². The molecule has 0 saturated carbocycles. The number of nitrogens with one attached hydrogen (secondary N) is 1. The highest BCUT2D eigenvalue weighted by atomic mass is 16.3. The molecular formula is C22H31N3O3. The first-order valence-electron chi connectivity index (χ1n) is 9.68. The number of hydrogen-bond donors (Lipinski definition) is 4. The van der Waals surface area contributed by atoms with Crippen molar-refractivity contribution in [3.05, 3.63) is 59.2 Å². The summed E-state index contributed by atoms with van der Waals surface area (Å²) in [5.41, 5.74) is 8.29. The predicted octanol–water partition coefficient (Wildman–Crippen LogP) is 2.73. The second-order valence-electron chi connectivity index (χ2n) is 7.18. The van der Waals surface area contributed by atoms with Gasteiger partial charge in [0, 0.05) is 25.8 Å². The summed E-state index contributed by atoms with van der Waals surface area (Å²) in [7, 11) is 2.11. The number of aliphatic hydroxyl groups excluding tert-OH is 1. The number of carbonyl (C=O) groups is 1. The number of unbranched alkanes of at least 4 members (excludes halogenated alkanes) is 2. The minimum Gasteiger partial charge on any atom is -0.507 e. The number of nitrogens with two attached hydrogens (primary N) is 1. The lowest BCUT2D eigenvalue weighted by atomic mass is 10.0. The van der Waals surface area contributed by atoms with Crippen LogP contribution in [0.4, 0.5) is 5.69 Å². The highest BCUT2D eigenvalue weighted by molar-refractivity contribution is 5.95. The minimum atomic E-state index is -0.758. The van der Waals surface area contributed by atoms with Gasteiger partial charge in [-0.15, -0.1) is 0 Å². The molecule has 2 aromatic carbocycles. The van der Waals surface area contributed by atoms with Crippen LogP contribution in [-0.2, 0) is 0 Å². The van der Waals surface area contributed by atoms with Gasteiger partial charge in [-0.3, -0.25) is 4.79 Å². The Balaban J connectivity index is 1.63. The van der Waals surface area contributed by atoms with Gasteiger partial charge in [-0.25, -0.2) is 0 Å². The third-order valence-electron chi connectivity index (χ3n) is 4.83. The van der Waals surface area contributed by atoms with Crippen LogP contribution in [0.1, 0.15) is 46.9 Å². The van der Waals surface area contributed by atoms with Crippen LogP contribution in [0.15, 0.2) is 42.5 Å². The lowest BCUT2D eigenvalue weighted by Gasteiger charge is -2.19. The number of amides is 1. The standard InChI is InChI=1S/C22H31N3O3/c1-16-6-9-18(10-7-16)25(2)13-5-3-4-12-24-15-21(27)17-8-11-20(26)19(14-17)22(23)28/h6-11,14,21,24,26-27H,3-5,12-13,15H2,1-2H3,(H2,23,28). The molecule has 5 N–H and O–H groups in total. The van der Waals surface area contributed by atoms with Crippen LogP contribution in [-0.4, -0.2) is 42.8 Å². The predicted molar refractivity (Wildman–Crippen MR) is 113 cm³/mol. The van der Waals surface area contributed by atoms with Crippen LogP contribution < -0.4 is 16.0 Å². The summed E-state index contributed by atoms with van der Waals surface area (Å²) in [6.45, 7) is 4.29. The fourth-order valence-electron chi connectivity index (χ4n) is 3.02. The molecule has 6 heteroatoms. The van der Waals surface area contributed by atoms with Gasteiger partial charge < -0.3 is 26.2 Å². The molecule has 152 valence electrons. The molecule has 0 spiro atoms. The number of aryl methyl sites for hydroxylation is 1. The summed E-state index contributed by atoms with van der Waals surface area (Å²) in [6.07, 6.45) is 2.47. The molecule has 1 amide bonds. The molecule has 0 aliphatic heterocycles. The SMILES string of the molecule is Cc1ccc(N(C)CCCCCNCC(O)c2ccc(O)c(C(N)=O)c2)cc1. The highest BCUT2D eigenvalue weighted by Crippen LogP contribution is 2.22. The number of phenols is 1. The lowest BCUT2D eigenvalue weighted by molar-refractivity contribution is 0.0997. The third-order valence-corrected chi connectivity index (χ3v) is 4.83. The van der Waals surface area contributed by atoms with Crippen molar-refractivity contribution in [1.82, 2.24) is 5.32 Å². The largest absolute Gasteiger partial charge is 0.507 e. The zero-order valence-corrected chi connectivity index (χ0v) is 16.7. The number of benzene rings is 2. The third kappa shape index (κ3) is 6.55. The van der Waals surface area contributed by atoms with Crippen LogP contribution in [0, 0.1) is 6.92 Å². The van der Waals surface area contributed by atoms with E-state index in [4.69, 9.17) is 5.73 Å². The summed E-state index contributed by atoms with van der Waals surface area (Å²) >= 11 is 0. The first-order valence-corrected chi connectivity index (χ1v) is 9.68. The molecule has 0 saturated heterocycles. The fourth-order valence-corrected chi connectivity index (χ4v) is 3.02. The van der Waals surface area contributed by atoms with Crippen molar-refractivity contribution in [3.8, 4) is 5.75 Å². The molecule has 0 heterocycles. The van der Waals surface area contributed by atoms with Crippen molar-refractivity contribution in [2.75, 3.05) is 31.6 Å². The van der Waals surface area contributed by atoms with Gasteiger partial charge in [0.25, 0.3) is 5.91 Å². The van der Waals surface area contributed by atoms with Crippen LogP contribution >= 0.6 is 0 Å². The molecule has 0 aliphatic rings. The summed E-state index contributed by atoms with van der Waals surface area (Å²) in [5.74, 6) is -0.887. The lowest BCUT2D eigenvalue weighted by Crippen LogP contribution is -2.23. The zero-order chi connectivity index (χ0) is 20.5. The summed E-state index contributed by atoms with van der Waals surface area (Å²) in [4.78, 5) is 13.5. The second-order valence-corrected chi connectivity index (χ2v) is 7.18. The van der Waals surface area contributed by atoms with Crippen molar-refractivity contribution < 1.29 is 15.0 Å². The quantitative estimate of drug-likeness (QED) is 0.446. The molecule has 6 nitrogen and oxygen atoms in total. The monoisotopic (exact) mass is 385 g/mol. The highest BCUT2D eigenvalue weighted by Gasteiger charge is 2.13. The van der Waals surface area contributed by atoms with Crippen molar-refractivity contribution in [2.24, 2.45) is 5.73 Å². The number of aliphatic hydroxyl groups is 1. The van der Waals surface area contributed by atoms with Crippen molar-refractivity contribution in [2.45, 2.75) is 32.3 Å². The fraction of sp³-hybridized carbons (Fsp3) is 0.409. The van der Waals surface area contributed by atoms with E-state index in [0.29, 0.717) is 12.1 Å². The number of primary amides is 1. The van der Waals surface area contributed by atoms with E-state index in [0.717, 1.165) is 32.4 Å². The van der Waals surface area contributed by atoms with E-state index in [2.05, 4.69) is 48.5 Å². The number of aromatic hydroxyl groups is 1. The first kappa shape index (κ1) is 21.7. The van der Waals surface area contributed by atoms with Crippen molar-refractivity contribution >= 4 is 11.6 Å². The average Bonchev–Trinajstić information content (AvgIpc) is 2.67. The molecular weight excluding hydrogens is 354 g/mol. The summed E-state index contributed by atoms with van der Waals surface area (Å²) < 4.78 is 0. The molecule has 0 radical (unpaired) electrons. The Bertz CT molecular complexity index is 762. The first-order chi connectivity index (χ1) is 13.4. The van der Waals surface area contributed by atoms with Crippen LogP contribution in [0.25, 0.3) is 0 Å². The van der Waals surface area contributed by atoms with Gasteiger partial charge in [0.1, 0.15) is 5.75 Å². The molecule has 1 unspecified atom stereocenters. The Labute approximate surface area is 167 Å². The Morgan fingerprint density at radius 3 is 2.54 bits per heavy atom. The number of nitrogens with zero attached hydrogens (tertiary/aromatic N) is 1. The van der Waals surface area contributed by atoms with Crippen molar-refractivity contribution in [3.63, 3.8) is 0 Å². The molecule has 2 aromatic rings. The van der Waals surface area contributed by atoms with Crippen molar-refractivity contribution in [1.29, 1.82) is 0 Å². The van der Waals surface area contributed by atoms with Crippen LogP contribution in [0.5, 0.6) is 5.75 Å². The Kier molecular flexibility index (Phi) is 8.29. The Morgan fingerprint density at radius 2 is 1.86 bits per heavy atom. The molecule has 0 bridgehead atoms. The normalized spacial score (nSPS) is 12.0. The molecule has 0 aromatic heterocycles. The van der Waals surface area contributed by atoms with Gasteiger partial charge in [-0.05, 0) is 56.1 Å². The maximum atomic E-state index is 11.3. The number of hydrogen-bond acceptors (Lipinski definition) is 5. The van der Waals surface area contributed by atoms with Gasteiger partial charge in [0.2, 0.25) is 0 Å². The molecule has 0 aliphatic carbocycles. The number of anilines is 1. The molecule has 2 rings (SSSR count). The minimum absolute atomic E-state index is 0.0225. The Hall–Kier alpha value is -2.57. The second kappa shape index (κ2) is 10.7. The maximum Gasteiger partial charge on any atom is 0.252 e. The zero-order valence-electron chi connectivity index (χ0n) is 16.7. The van der Waals surface area contributed by atoms with E-state index in [1.165, 1.54) is 23.4 Å². The Morgan fingerprint density at radius 1 is 1.14 bits per heavy atom. The molecule has 28 heavy (non-hydrogen) atoms. The van der Waals surface area contributed by atoms with E-state index in [1.807, 2.05) is 0 Å². The summed E-state index contributed by atoms with van der Waals surface area (Å²) in [6, 6.07) is 12.9. The summed E-state index contributed by atoms with van der Waals surface area (Å²) in [5, 5.41) is 23.1. The molecule has 0 fully saturated rings. The topological polar surface area (TPSA) is 98.8 Å². The number of rotatable bonds is 11. The smallest absolute Gasteiger partial charge is 0.252 e. The van der Waals surface area contributed by atoms with Gasteiger partial charge in [-0.2, -0.15) is 0 Å². The van der Waals surface area contributed by atoms with Gasteiger partial charge >= 0.3 is 0 Å². The molecule has 1 atom stereocenters. The van der Waals surface area contributed by atoms with E-state index < -0.39 is 12.0 Å². The van der Waals surface area contributed by atoms with Gasteiger partial charge in [0.15, 0.2) is 0 Å². The van der Waals surface area contributed by atoms with E-state index >= 15 is 0 Å². The van der Waals surface area contributed by atoms with Gasteiger partial charge in [-0.1, -0.05) is 30.2 Å².